The van der Waals surface area contributed by atoms with E-state index >= 15 is 0 Å². The van der Waals surface area contributed by atoms with Gasteiger partial charge in [0.05, 0.1) is 13.2 Å². The average Bonchev–Trinajstić information content (AvgIpc) is 3.64. The van der Waals surface area contributed by atoms with Gasteiger partial charge >= 0.3 is 0 Å². The molecular formula is C34H36N6O8. The van der Waals surface area contributed by atoms with Crippen LogP contribution in [0.15, 0.2) is 79.4 Å². The van der Waals surface area contributed by atoms with E-state index in [-0.39, 0.29) is 43.3 Å². The number of ether oxygens (including phenoxy) is 3. The molecule has 0 radical (unpaired) electrons. The highest BCUT2D eigenvalue weighted by molar-refractivity contribution is 5.96. The summed E-state index contributed by atoms with van der Waals surface area (Å²) in [6, 6.07) is 19.5. The van der Waals surface area contributed by atoms with Crippen molar-refractivity contribution in [2.75, 3.05) is 26.8 Å². The summed E-state index contributed by atoms with van der Waals surface area (Å²) >= 11 is 0. The summed E-state index contributed by atoms with van der Waals surface area (Å²) in [6.07, 6.45) is 3.59. The highest BCUT2D eigenvalue weighted by Gasteiger charge is 2.34. The van der Waals surface area contributed by atoms with Crippen LogP contribution in [0.4, 0.5) is 0 Å². The third kappa shape index (κ3) is 8.66. The predicted molar refractivity (Wildman–Crippen MR) is 172 cm³/mol. The minimum atomic E-state index is -0.475. The summed E-state index contributed by atoms with van der Waals surface area (Å²) in [6.45, 7) is 1.19. The van der Waals surface area contributed by atoms with Crippen molar-refractivity contribution < 1.29 is 38.5 Å². The number of carboxylic acid groups (broad SMARTS) is 1. The third-order valence-electron chi connectivity index (χ3n) is 7.95. The molecule has 3 aliphatic heterocycles. The van der Waals surface area contributed by atoms with Crippen LogP contribution in [0, 0.1) is 0 Å². The van der Waals surface area contributed by atoms with E-state index in [4.69, 9.17) is 24.1 Å². The van der Waals surface area contributed by atoms with Crippen molar-refractivity contribution in [3.63, 3.8) is 0 Å². The molecule has 0 unspecified atom stereocenters. The fraction of sp³-hybridized carbons (Fsp3) is 0.294. The van der Waals surface area contributed by atoms with E-state index in [0.29, 0.717) is 61.0 Å². The maximum atomic E-state index is 13.8. The van der Waals surface area contributed by atoms with Crippen molar-refractivity contribution in [2.24, 2.45) is 0 Å². The normalized spacial score (nSPS) is 17.6. The van der Waals surface area contributed by atoms with Crippen molar-refractivity contribution in [1.29, 1.82) is 0 Å². The molecule has 250 valence electrons. The lowest BCUT2D eigenvalue weighted by molar-refractivity contribution is -0.134. The van der Waals surface area contributed by atoms with Gasteiger partial charge in [-0.25, -0.2) is 0 Å². The largest absolute Gasteiger partial charge is 0.496 e. The van der Waals surface area contributed by atoms with Gasteiger partial charge in [0, 0.05) is 50.1 Å². The van der Waals surface area contributed by atoms with Crippen molar-refractivity contribution in [2.45, 2.75) is 38.1 Å². The zero-order valence-corrected chi connectivity index (χ0v) is 26.3. The number of carbonyl (C=O) groups excluding carboxylic acids is 3. The van der Waals surface area contributed by atoms with Crippen LogP contribution >= 0.6 is 0 Å². The van der Waals surface area contributed by atoms with Crippen LogP contribution in [-0.4, -0.2) is 87.9 Å². The number of likely N-dealkylation sites (tertiary alicyclic amines) is 1. The molecule has 1 fully saturated rings. The predicted octanol–water partition coefficient (Wildman–Crippen LogP) is 2.53. The summed E-state index contributed by atoms with van der Waals surface area (Å²) in [5, 5.41) is 20.5. The van der Waals surface area contributed by atoms with Crippen molar-refractivity contribution >= 4 is 24.2 Å². The first kappa shape index (κ1) is 33.4. The number of amides is 3. The number of fused-ring (bicyclic) bond motifs is 7. The highest BCUT2D eigenvalue weighted by Crippen LogP contribution is 2.33. The van der Waals surface area contributed by atoms with Crippen molar-refractivity contribution in [1.82, 2.24) is 30.3 Å². The lowest BCUT2D eigenvalue weighted by Crippen LogP contribution is -2.58. The van der Waals surface area contributed by atoms with Gasteiger partial charge in [0.1, 0.15) is 36.0 Å². The molecule has 0 spiro atoms. The van der Waals surface area contributed by atoms with E-state index in [9.17, 15) is 14.4 Å². The topological polar surface area (TPSA) is 174 Å². The Balaban J connectivity index is 0.00000145. The van der Waals surface area contributed by atoms with Gasteiger partial charge in [0.15, 0.2) is 6.61 Å². The number of nitrogens with one attached hydrogen (secondary N) is 2. The zero-order chi connectivity index (χ0) is 33.9. The van der Waals surface area contributed by atoms with E-state index in [1.165, 1.54) is 0 Å². The first-order chi connectivity index (χ1) is 23.4. The summed E-state index contributed by atoms with van der Waals surface area (Å²) in [5.41, 5.74) is 2.77. The zero-order valence-electron chi connectivity index (χ0n) is 26.3. The SMILES string of the molecule is COc1ccc2cc1-c1cccc(c1)OCC(=O)NCc1ccc(cc1)O[C@@H]1CCN(C(=O)CCn3cnnc3)C[C@H]1NC2=O.O=CO. The van der Waals surface area contributed by atoms with Crippen LogP contribution in [0.25, 0.3) is 11.1 Å². The fourth-order valence-electron chi connectivity index (χ4n) is 5.50. The second-order valence-corrected chi connectivity index (χ2v) is 11.1. The average molecular weight is 657 g/mol. The molecule has 1 aromatic heterocycles. The van der Waals surface area contributed by atoms with Gasteiger partial charge in [-0.2, -0.15) is 0 Å². The number of methoxy groups -OCH3 is 1. The number of benzene rings is 3. The Labute approximate surface area is 276 Å². The van der Waals surface area contributed by atoms with Gasteiger partial charge in [-0.05, 0) is 53.6 Å². The molecule has 0 saturated carbocycles. The van der Waals surface area contributed by atoms with E-state index in [0.717, 1.165) is 11.1 Å². The molecule has 4 heterocycles. The molecule has 14 nitrogen and oxygen atoms in total. The molecule has 48 heavy (non-hydrogen) atoms. The maximum absolute atomic E-state index is 13.8. The molecule has 6 bridgehead atoms. The Morgan fingerprint density at radius 3 is 2.56 bits per heavy atom. The number of aromatic nitrogens is 3. The van der Waals surface area contributed by atoms with Crippen LogP contribution in [0.3, 0.4) is 0 Å². The number of hydrogen-bond acceptors (Lipinski definition) is 9. The fourth-order valence-corrected chi connectivity index (χ4v) is 5.50. The molecule has 2 atom stereocenters. The second kappa shape index (κ2) is 16.1. The number of nitrogens with zero attached hydrogens (tertiary/aromatic N) is 4. The Kier molecular flexibility index (Phi) is 11.2. The van der Waals surface area contributed by atoms with Gasteiger partial charge < -0.3 is 39.4 Å². The van der Waals surface area contributed by atoms with Gasteiger partial charge in [0.2, 0.25) is 5.91 Å². The lowest BCUT2D eigenvalue weighted by Gasteiger charge is -2.39. The Hall–Kier alpha value is -5.92. The van der Waals surface area contributed by atoms with Crippen LogP contribution in [0.1, 0.15) is 28.8 Å². The van der Waals surface area contributed by atoms with E-state index in [2.05, 4.69) is 20.8 Å². The van der Waals surface area contributed by atoms with E-state index < -0.39 is 6.04 Å². The number of piperidine rings is 1. The molecule has 4 aromatic rings. The molecule has 3 aliphatic rings. The molecule has 3 N–H and O–H groups in total. The number of hydrogen-bond donors (Lipinski definition) is 3. The van der Waals surface area contributed by atoms with Crippen molar-refractivity contribution in [3.8, 4) is 28.4 Å². The van der Waals surface area contributed by atoms with Crippen LogP contribution in [0.2, 0.25) is 0 Å². The molecule has 1 saturated heterocycles. The number of rotatable bonds is 4. The Bertz CT molecular complexity index is 1710. The molecule has 14 heteroatoms. The summed E-state index contributed by atoms with van der Waals surface area (Å²) < 4.78 is 19.5. The standard InChI is InChI=1S/C33H34N6O6.CH2O2/c1-43-29-10-7-24-16-27(29)23-3-2-4-26(15-23)44-19-31(40)34-17-22-5-8-25(9-6-22)45-30-11-14-39(18-28(30)37-33(24)42)32(41)12-13-38-20-35-36-21-38;2-1-3/h2-10,15-16,20-21,28,30H,11-14,17-19H2,1H3,(H,34,40)(H,37,42);1H,(H,2,3)/t28-,30-;/m1./s1. The highest BCUT2D eigenvalue weighted by atomic mass is 16.5. The number of carbonyl (C=O) groups is 4. The Morgan fingerprint density at radius 2 is 1.81 bits per heavy atom. The van der Waals surface area contributed by atoms with E-state index in [1.54, 1.807) is 59.6 Å². The second-order valence-electron chi connectivity index (χ2n) is 11.1. The molecule has 3 aromatic carbocycles. The third-order valence-corrected chi connectivity index (χ3v) is 7.95. The summed E-state index contributed by atoms with van der Waals surface area (Å²) in [7, 11) is 1.57. The van der Waals surface area contributed by atoms with E-state index in [1.807, 2.05) is 36.4 Å². The van der Waals surface area contributed by atoms with Gasteiger partial charge in [-0.1, -0.05) is 24.3 Å². The van der Waals surface area contributed by atoms with Crippen LogP contribution in [-0.2, 0) is 27.5 Å². The monoisotopic (exact) mass is 656 g/mol. The van der Waals surface area contributed by atoms with Gasteiger partial charge in [0.25, 0.3) is 18.3 Å². The lowest BCUT2D eigenvalue weighted by atomic mass is 9.99. The van der Waals surface area contributed by atoms with Gasteiger partial charge in [-0.3, -0.25) is 19.2 Å². The maximum Gasteiger partial charge on any atom is 0.290 e. The van der Waals surface area contributed by atoms with Crippen molar-refractivity contribution in [3.05, 3.63) is 90.5 Å². The first-order valence-corrected chi connectivity index (χ1v) is 15.3. The number of aryl methyl sites for hydroxylation is 1. The molecular weight excluding hydrogens is 620 g/mol. The minimum absolute atomic E-state index is 0.0249. The minimum Gasteiger partial charge on any atom is -0.496 e. The van der Waals surface area contributed by atoms with Crippen LogP contribution < -0.4 is 24.8 Å². The Morgan fingerprint density at radius 1 is 1.04 bits per heavy atom. The molecule has 3 amide bonds. The molecule has 7 rings (SSSR count). The van der Waals surface area contributed by atoms with Gasteiger partial charge in [-0.15, -0.1) is 10.2 Å². The molecule has 0 aliphatic carbocycles. The smallest absolute Gasteiger partial charge is 0.290 e. The summed E-state index contributed by atoms with van der Waals surface area (Å²) in [5.74, 6) is 1.14. The van der Waals surface area contributed by atoms with Crippen LogP contribution in [0.5, 0.6) is 17.2 Å². The quantitative estimate of drug-likeness (QED) is 0.277. The summed E-state index contributed by atoms with van der Waals surface area (Å²) in [4.78, 5) is 49.6. The first-order valence-electron chi connectivity index (χ1n) is 15.3.